The van der Waals surface area contributed by atoms with Crippen LogP contribution >= 0.6 is 0 Å². The molecular weight excluding hydrogens is 300 g/mol. The Balaban J connectivity index is 1.66. The minimum Gasteiger partial charge on any atom is -0.0622 e. The van der Waals surface area contributed by atoms with Gasteiger partial charge in [0, 0.05) is 0 Å². The fourth-order valence-corrected chi connectivity index (χ4v) is 3.27. The Hall–Kier alpha value is -3.12. The second kappa shape index (κ2) is 6.78. The molecule has 0 aromatic heterocycles. The molecule has 4 aromatic carbocycles. The van der Waals surface area contributed by atoms with Gasteiger partial charge in [-0.25, -0.2) is 0 Å². The average molecular weight is 320 g/mol. The van der Waals surface area contributed by atoms with Crippen LogP contribution in [0.1, 0.15) is 5.56 Å². The minimum absolute atomic E-state index is 1.25. The molecule has 120 valence electrons. The molecule has 25 heavy (non-hydrogen) atoms. The van der Waals surface area contributed by atoms with Crippen molar-refractivity contribution in [1.82, 2.24) is 0 Å². The van der Waals surface area contributed by atoms with Crippen LogP contribution in [0.2, 0.25) is 0 Å². The highest BCUT2D eigenvalue weighted by Gasteiger charge is 2.05. The molecular formula is C25H20. The summed E-state index contributed by atoms with van der Waals surface area (Å²) in [7, 11) is 0. The smallest absolute Gasteiger partial charge is 0.0154 e. The molecule has 0 radical (unpaired) electrons. The lowest BCUT2D eigenvalue weighted by Crippen LogP contribution is -1.86. The maximum absolute atomic E-state index is 2.27. The van der Waals surface area contributed by atoms with Gasteiger partial charge in [-0.1, -0.05) is 103 Å². The quantitative estimate of drug-likeness (QED) is 0.381. The summed E-state index contributed by atoms with van der Waals surface area (Å²) in [6, 6.07) is 36.6. The molecule has 0 heteroatoms. The Kier molecular flexibility index (Phi) is 4.18. The molecule has 4 rings (SSSR count). The number of benzene rings is 4. The van der Waals surface area contributed by atoms with Gasteiger partial charge in [0.2, 0.25) is 0 Å². The highest BCUT2D eigenvalue weighted by Crippen LogP contribution is 2.30. The van der Waals surface area contributed by atoms with Crippen molar-refractivity contribution < 1.29 is 0 Å². The zero-order valence-electron chi connectivity index (χ0n) is 14.3. The third kappa shape index (κ3) is 3.25. The van der Waals surface area contributed by atoms with Gasteiger partial charge in [-0.3, -0.25) is 0 Å². The Labute approximate surface area is 149 Å². The zero-order chi connectivity index (χ0) is 17.1. The molecule has 0 bridgehead atoms. The highest BCUT2D eigenvalue weighted by molar-refractivity contribution is 5.75. The third-order valence-electron chi connectivity index (χ3n) is 4.64. The van der Waals surface area contributed by atoms with Crippen LogP contribution in [0, 0.1) is 6.92 Å². The summed E-state index contributed by atoms with van der Waals surface area (Å²) in [5.74, 6) is 0. The first-order valence-electron chi connectivity index (χ1n) is 8.63. The van der Waals surface area contributed by atoms with Gasteiger partial charge in [0.25, 0.3) is 0 Å². The summed E-state index contributed by atoms with van der Waals surface area (Å²) in [4.78, 5) is 0. The van der Waals surface area contributed by atoms with E-state index in [0.717, 1.165) is 0 Å². The highest BCUT2D eigenvalue weighted by atomic mass is 14.1. The van der Waals surface area contributed by atoms with E-state index in [1.165, 1.54) is 38.9 Å². The maximum atomic E-state index is 2.27. The van der Waals surface area contributed by atoms with Crippen molar-refractivity contribution >= 4 is 0 Å². The van der Waals surface area contributed by atoms with E-state index >= 15 is 0 Å². The molecule has 4 aromatic rings. The normalized spacial score (nSPS) is 10.6. The first kappa shape index (κ1) is 15.4. The topological polar surface area (TPSA) is 0 Å². The molecule has 0 unspecified atom stereocenters. The maximum Gasteiger partial charge on any atom is -0.0154 e. The molecule has 0 atom stereocenters. The van der Waals surface area contributed by atoms with E-state index in [4.69, 9.17) is 0 Å². The second-order valence-corrected chi connectivity index (χ2v) is 6.34. The van der Waals surface area contributed by atoms with Crippen LogP contribution in [0.4, 0.5) is 0 Å². The Bertz CT molecular complexity index is 965. The van der Waals surface area contributed by atoms with E-state index in [1.54, 1.807) is 0 Å². The van der Waals surface area contributed by atoms with Crippen molar-refractivity contribution in [2.45, 2.75) is 6.92 Å². The van der Waals surface area contributed by atoms with Crippen LogP contribution in [0.3, 0.4) is 0 Å². The molecule has 0 N–H and O–H groups in total. The van der Waals surface area contributed by atoms with Crippen LogP contribution in [-0.4, -0.2) is 0 Å². The van der Waals surface area contributed by atoms with Gasteiger partial charge >= 0.3 is 0 Å². The van der Waals surface area contributed by atoms with Gasteiger partial charge in [0.05, 0.1) is 0 Å². The minimum atomic E-state index is 1.25. The largest absolute Gasteiger partial charge is 0.0622 e. The number of hydrogen-bond acceptors (Lipinski definition) is 0. The molecule has 0 nitrogen and oxygen atoms in total. The Morgan fingerprint density at radius 1 is 0.400 bits per heavy atom. The van der Waals surface area contributed by atoms with Crippen molar-refractivity contribution in [3.05, 3.63) is 109 Å². The van der Waals surface area contributed by atoms with Crippen molar-refractivity contribution in [2.75, 3.05) is 0 Å². The molecule has 0 saturated heterocycles. The predicted octanol–water partition coefficient (Wildman–Crippen LogP) is 7.00. The lowest BCUT2D eigenvalue weighted by Gasteiger charge is -2.10. The molecule has 0 fully saturated rings. The molecule has 0 heterocycles. The van der Waals surface area contributed by atoms with Gasteiger partial charge < -0.3 is 0 Å². The molecule has 0 amide bonds. The lowest BCUT2D eigenvalue weighted by atomic mass is 9.94. The predicted molar refractivity (Wildman–Crippen MR) is 107 cm³/mol. The molecule has 0 aliphatic heterocycles. The summed E-state index contributed by atoms with van der Waals surface area (Å²) in [5.41, 5.74) is 8.89. The first-order valence-corrected chi connectivity index (χ1v) is 8.63. The summed E-state index contributed by atoms with van der Waals surface area (Å²) >= 11 is 0. The van der Waals surface area contributed by atoms with E-state index in [2.05, 4.69) is 110 Å². The summed E-state index contributed by atoms with van der Waals surface area (Å²) in [6.45, 7) is 2.19. The molecule has 0 aliphatic carbocycles. The monoisotopic (exact) mass is 320 g/mol. The van der Waals surface area contributed by atoms with Crippen LogP contribution in [0.5, 0.6) is 0 Å². The van der Waals surface area contributed by atoms with Crippen LogP contribution in [0.15, 0.2) is 103 Å². The average Bonchev–Trinajstić information content (AvgIpc) is 2.69. The van der Waals surface area contributed by atoms with Crippen molar-refractivity contribution in [1.29, 1.82) is 0 Å². The molecule has 0 saturated carbocycles. The van der Waals surface area contributed by atoms with Gasteiger partial charge in [-0.05, 0) is 45.9 Å². The second-order valence-electron chi connectivity index (χ2n) is 6.34. The molecule has 0 spiro atoms. The van der Waals surface area contributed by atoms with Crippen molar-refractivity contribution in [3.8, 4) is 33.4 Å². The van der Waals surface area contributed by atoms with E-state index in [1.807, 2.05) is 0 Å². The first-order chi connectivity index (χ1) is 12.3. The van der Waals surface area contributed by atoms with E-state index in [9.17, 15) is 0 Å². The SMILES string of the molecule is Cc1cc(-c2ccccc2)ccc1-c1ccc(-c2ccccc2)cc1. The summed E-state index contributed by atoms with van der Waals surface area (Å²) in [5, 5.41) is 0. The van der Waals surface area contributed by atoms with E-state index in [0.29, 0.717) is 0 Å². The van der Waals surface area contributed by atoms with Gasteiger partial charge in [-0.2, -0.15) is 0 Å². The third-order valence-corrected chi connectivity index (χ3v) is 4.64. The Morgan fingerprint density at radius 3 is 1.40 bits per heavy atom. The fraction of sp³-hybridized carbons (Fsp3) is 0.0400. The number of hydrogen-bond donors (Lipinski definition) is 0. The summed E-state index contributed by atoms with van der Waals surface area (Å²) in [6.07, 6.45) is 0. The van der Waals surface area contributed by atoms with E-state index in [-0.39, 0.29) is 0 Å². The van der Waals surface area contributed by atoms with Crippen molar-refractivity contribution in [3.63, 3.8) is 0 Å². The number of aryl methyl sites for hydroxylation is 1. The fourth-order valence-electron chi connectivity index (χ4n) is 3.27. The lowest BCUT2D eigenvalue weighted by molar-refractivity contribution is 1.45. The van der Waals surface area contributed by atoms with Crippen LogP contribution in [0.25, 0.3) is 33.4 Å². The van der Waals surface area contributed by atoms with Gasteiger partial charge in [0.15, 0.2) is 0 Å². The van der Waals surface area contributed by atoms with Crippen LogP contribution in [-0.2, 0) is 0 Å². The number of rotatable bonds is 3. The van der Waals surface area contributed by atoms with Gasteiger partial charge in [0.1, 0.15) is 0 Å². The Morgan fingerprint density at radius 2 is 0.840 bits per heavy atom. The summed E-state index contributed by atoms with van der Waals surface area (Å²) < 4.78 is 0. The van der Waals surface area contributed by atoms with Crippen molar-refractivity contribution in [2.24, 2.45) is 0 Å². The standard InChI is InChI=1S/C25H20/c1-19-18-24(21-10-6-3-7-11-21)16-17-25(19)23-14-12-22(13-15-23)20-8-4-2-5-9-20/h2-18H,1H3. The van der Waals surface area contributed by atoms with Crippen LogP contribution < -0.4 is 0 Å². The molecule has 0 aliphatic rings. The van der Waals surface area contributed by atoms with E-state index < -0.39 is 0 Å². The zero-order valence-corrected chi connectivity index (χ0v) is 14.3. The van der Waals surface area contributed by atoms with Gasteiger partial charge in [-0.15, -0.1) is 0 Å².